The van der Waals surface area contributed by atoms with E-state index in [0.29, 0.717) is 0 Å². The van der Waals surface area contributed by atoms with E-state index in [-0.39, 0.29) is 0 Å². The van der Waals surface area contributed by atoms with Crippen molar-refractivity contribution in [3.8, 4) is 0 Å². The number of hydrogen-bond acceptors (Lipinski definition) is 0. The third kappa shape index (κ3) is 19.3. The van der Waals surface area contributed by atoms with E-state index in [2.05, 4.69) is 78.8 Å². The molecule has 0 aliphatic carbocycles. The van der Waals surface area contributed by atoms with Crippen LogP contribution in [0.1, 0.15) is 292 Å². The summed E-state index contributed by atoms with van der Waals surface area (Å²) in [6.07, 6.45) is 49.3. The summed E-state index contributed by atoms with van der Waals surface area (Å²) in [4.78, 5) is 0. The van der Waals surface area contributed by atoms with Gasteiger partial charge in [0.15, 0.2) is 0 Å². The van der Waals surface area contributed by atoms with Gasteiger partial charge in [0, 0.05) is 22.8 Å². The molecule has 62 heavy (non-hydrogen) atoms. The summed E-state index contributed by atoms with van der Waals surface area (Å²) < 4.78 is 1.68. The van der Waals surface area contributed by atoms with E-state index in [9.17, 15) is 5.53 Å². The third-order valence-electron chi connectivity index (χ3n) is 14.1. The summed E-state index contributed by atoms with van der Waals surface area (Å²) in [7, 11) is 0. The Morgan fingerprint density at radius 1 is 0.323 bits per heavy atom. The fourth-order valence-corrected chi connectivity index (χ4v) is 10.2. The lowest BCUT2D eigenvalue weighted by atomic mass is 9.87. The Kier molecular flexibility index (Phi) is 29.5. The highest BCUT2D eigenvalue weighted by Gasteiger charge is 2.31. The fraction of sp³-hybridized carbons (Fsp3) is 0.733. The minimum atomic E-state index is 1.01. The molecule has 0 saturated heterocycles. The van der Waals surface area contributed by atoms with E-state index in [4.69, 9.17) is 0 Å². The molecule has 0 bridgehead atoms. The minimum absolute atomic E-state index is 1.01. The topological polar surface area (TPSA) is 25.3 Å². The van der Waals surface area contributed by atoms with E-state index in [0.717, 1.165) is 43.5 Å². The molecule has 0 amide bonds. The molecule has 0 radical (unpaired) electrons. The van der Waals surface area contributed by atoms with Gasteiger partial charge in [-0.15, -0.1) is 0 Å². The second-order valence-electron chi connectivity index (χ2n) is 19.6. The molecule has 2 nitrogen and oxygen atoms in total. The molecule has 1 heterocycles. The van der Waals surface area contributed by atoms with Crippen molar-refractivity contribution in [3.63, 3.8) is 0 Å². The van der Waals surface area contributed by atoms with Crippen LogP contribution in [-0.2, 0) is 38.5 Å². The Balaban J connectivity index is 2.20. The van der Waals surface area contributed by atoms with Crippen LogP contribution in [0.4, 0.5) is 0 Å². The predicted octanol–water partition coefficient (Wildman–Crippen LogP) is 20.0. The van der Waals surface area contributed by atoms with Crippen molar-refractivity contribution in [2.24, 2.45) is 0 Å². The highest BCUT2D eigenvalue weighted by Crippen LogP contribution is 2.41. The molecule has 3 rings (SSSR count). The van der Waals surface area contributed by atoms with Crippen LogP contribution in [0.2, 0.25) is 0 Å². The lowest BCUT2D eigenvalue weighted by Gasteiger charge is -2.20. The van der Waals surface area contributed by atoms with Crippen molar-refractivity contribution in [1.82, 2.24) is 0 Å². The molecule has 1 aliphatic heterocycles. The van der Waals surface area contributed by atoms with Crippen molar-refractivity contribution in [2.45, 2.75) is 286 Å². The van der Waals surface area contributed by atoms with Crippen molar-refractivity contribution in [1.29, 1.82) is 0 Å². The summed E-state index contributed by atoms with van der Waals surface area (Å²) in [6, 6.07) is 10.2. The second kappa shape index (κ2) is 33.9. The van der Waals surface area contributed by atoms with Crippen molar-refractivity contribution < 1.29 is 4.70 Å². The number of nitrogens with zero attached hydrogens (tertiary/aromatic N) is 2. The van der Waals surface area contributed by atoms with Crippen molar-refractivity contribution in [2.75, 3.05) is 0 Å². The Hall–Kier alpha value is -2.48. The zero-order valence-electron chi connectivity index (χ0n) is 42.4. The Morgan fingerprint density at radius 2 is 0.597 bits per heavy atom. The first-order valence-electron chi connectivity index (χ1n) is 27.7. The molecule has 0 atom stereocenters. The lowest BCUT2D eigenvalue weighted by Crippen LogP contribution is -2.09. The molecule has 0 saturated carbocycles. The van der Waals surface area contributed by atoms with Crippen LogP contribution in [-0.4, -0.2) is 4.70 Å². The van der Waals surface area contributed by atoms with Crippen LogP contribution in [0.15, 0.2) is 35.9 Å². The number of hydrogen-bond donors (Lipinski definition) is 0. The Labute approximate surface area is 386 Å². The van der Waals surface area contributed by atoms with E-state index in [1.807, 2.05) is 0 Å². The van der Waals surface area contributed by atoms with Crippen molar-refractivity contribution >= 4 is 11.4 Å². The first kappa shape index (κ1) is 53.9. The van der Waals surface area contributed by atoms with Crippen LogP contribution in [0.5, 0.6) is 0 Å². The first-order valence-corrected chi connectivity index (χ1v) is 27.7. The van der Waals surface area contributed by atoms with Gasteiger partial charge in [0.2, 0.25) is 11.4 Å². The van der Waals surface area contributed by atoms with Crippen LogP contribution in [0, 0.1) is 0 Å². The summed E-state index contributed by atoms with van der Waals surface area (Å²) >= 11 is 0. The standard InChI is InChI=1S/C60H100N2/c1-8-15-22-29-30-35-42-54-49-59(55-45-50(38-31-23-16-9-2)57(43-36-27-20-13-6)51(46-55)39-32-24-17-10-3)62(61)60(54)56-47-52(40-33-25-18-11-4)58(44-37-28-21-14-7)53(48-56)41-34-26-19-12-5/h45-49H,8-44H2,1-7H3. The first-order chi connectivity index (χ1) is 30.5. The quantitative estimate of drug-likeness (QED) is 0.0473. The number of allylic oxidation sites excluding steroid dienone is 2. The average molecular weight is 849 g/mol. The van der Waals surface area contributed by atoms with Gasteiger partial charge in [0.25, 0.3) is 0 Å². The van der Waals surface area contributed by atoms with Gasteiger partial charge in [-0.3, -0.25) is 0 Å². The second-order valence-corrected chi connectivity index (χ2v) is 19.6. The van der Waals surface area contributed by atoms with Gasteiger partial charge in [-0.1, -0.05) is 196 Å². The minimum Gasteiger partial charge on any atom is -0.493 e. The van der Waals surface area contributed by atoms with Gasteiger partial charge in [-0.2, -0.15) is 0 Å². The molecular weight excluding hydrogens is 749 g/mol. The summed E-state index contributed by atoms with van der Waals surface area (Å²) in [5, 5.41) is 0. The van der Waals surface area contributed by atoms with Gasteiger partial charge >= 0.3 is 0 Å². The maximum Gasteiger partial charge on any atom is 0.210 e. The van der Waals surface area contributed by atoms with E-state index >= 15 is 0 Å². The van der Waals surface area contributed by atoms with Gasteiger partial charge in [0.1, 0.15) is 0 Å². The maximum absolute atomic E-state index is 12.8. The molecule has 0 unspecified atom stereocenters. The normalized spacial score (nSPS) is 13.0. The van der Waals surface area contributed by atoms with E-state index in [1.165, 1.54) is 222 Å². The zero-order valence-corrected chi connectivity index (χ0v) is 42.4. The smallest absolute Gasteiger partial charge is 0.210 e. The van der Waals surface area contributed by atoms with E-state index in [1.54, 1.807) is 38.1 Å². The Bertz CT molecular complexity index is 1500. The molecule has 0 fully saturated rings. The highest BCUT2D eigenvalue weighted by molar-refractivity contribution is 5.79. The van der Waals surface area contributed by atoms with Gasteiger partial charge in [-0.05, 0) is 148 Å². The van der Waals surface area contributed by atoms with Gasteiger partial charge in [-0.25, -0.2) is 4.70 Å². The van der Waals surface area contributed by atoms with Crippen LogP contribution in [0.25, 0.3) is 16.9 Å². The molecule has 2 aromatic carbocycles. The van der Waals surface area contributed by atoms with E-state index < -0.39 is 0 Å². The maximum atomic E-state index is 12.8. The number of aryl methyl sites for hydroxylation is 4. The largest absolute Gasteiger partial charge is 0.493 e. The summed E-state index contributed by atoms with van der Waals surface area (Å²) in [5.41, 5.74) is 28.3. The van der Waals surface area contributed by atoms with Crippen LogP contribution >= 0.6 is 0 Å². The molecule has 2 aromatic rings. The molecule has 1 aliphatic rings. The highest BCUT2D eigenvalue weighted by atomic mass is 15.2. The monoisotopic (exact) mass is 849 g/mol. The summed E-state index contributed by atoms with van der Waals surface area (Å²) in [6.45, 7) is 16.3. The predicted molar refractivity (Wildman–Crippen MR) is 276 cm³/mol. The zero-order chi connectivity index (χ0) is 44.6. The number of rotatable bonds is 39. The van der Waals surface area contributed by atoms with Crippen LogP contribution in [0.3, 0.4) is 0 Å². The van der Waals surface area contributed by atoms with Gasteiger partial charge in [0.05, 0.1) is 0 Å². The molecule has 2 heteroatoms. The lowest BCUT2D eigenvalue weighted by molar-refractivity contribution is -0.344. The van der Waals surface area contributed by atoms with Crippen LogP contribution < -0.4 is 0 Å². The molecule has 350 valence electrons. The SMILES string of the molecule is CCCCCCCCC1=C(c2cc(CCCCCC)c(CCCCCC)c(CCCCCC)c2)[N+](=[N-])C(c2cc(CCCCCC)c(CCCCCC)c(CCCCCC)c2)=C1. The molecule has 0 N–H and O–H groups in total. The molecule has 0 aromatic heterocycles. The van der Waals surface area contributed by atoms with Crippen molar-refractivity contribution in [3.05, 3.63) is 86.0 Å². The fourth-order valence-electron chi connectivity index (χ4n) is 10.2. The molecular formula is C60H100N2. The average Bonchev–Trinajstić information content (AvgIpc) is 3.61. The number of benzene rings is 2. The Morgan fingerprint density at radius 3 is 0.952 bits per heavy atom. The third-order valence-corrected chi connectivity index (χ3v) is 14.1. The summed E-state index contributed by atoms with van der Waals surface area (Å²) in [5.74, 6) is 0. The van der Waals surface area contributed by atoms with Gasteiger partial charge < -0.3 is 5.53 Å². The molecule has 0 spiro atoms. The number of unbranched alkanes of at least 4 members (excludes halogenated alkanes) is 23.